The summed E-state index contributed by atoms with van der Waals surface area (Å²) in [6.07, 6.45) is 14.7. The summed E-state index contributed by atoms with van der Waals surface area (Å²) in [5.41, 5.74) is -0.0942. The van der Waals surface area contributed by atoms with E-state index in [1.165, 1.54) is 4.90 Å². The average molecular weight is 703 g/mol. The number of hydrogen-bond donors (Lipinski definition) is 3. The smallest absolute Gasteiger partial charge is 0.407 e. The van der Waals surface area contributed by atoms with E-state index < -0.39 is 41.7 Å². The van der Waals surface area contributed by atoms with E-state index in [9.17, 15) is 24.3 Å². The molecule has 3 fully saturated rings. The highest BCUT2D eigenvalue weighted by Gasteiger charge is 2.61. The molecule has 13 heteroatoms. The molecule has 272 valence electrons. The number of benzene rings is 1. The lowest BCUT2D eigenvalue weighted by Crippen LogP contribution is -2.53. The van der Waals surface area contributed by atoms with Gasteiger partial charge in [0, 0.05) is 41.8 Å². The first kappa shape index (κ1) is 35.8. The van der Waals surface area contributed by atoms with E-state index in [0.717, 1.165) is 44.1 Å². The fraction of sp³-hybridized carbons (Fsp3) is 0.553. The maximum absolute atomic E-state index is 14.1. The first-order chi connectivity index (χ1) is 24.6. The average Bonchev–Trinajstić information content (AvgIpc) is 3.38. The molecule has 1 saturated heterocycles. The molecule has 13 nitrogen and oxygen atoms in total. The standard InChI is InChI=1S/C38H46N4O9/c1-4-17-49-32-20-31(28-15-16-30(48-3)23(2)34(28)40-32)50-27-19-29-35(44)41-38(36(45)46)21-24(38)11-7-5-6-8-12-25(18-33(43)42(29)22-27)39-37(47)51-26-13-9-10-14-26/h1,7,11,15-16,20,24-27,29H,5-6,8-10,12-14,17-19,21-22H2,2-3H3,(H,39,47)(H,41,44)(H,45,46)/b11-7-/t24-,25-,27+,29-,38+/m0/s1. The second-order valence-corrected chi connectivity index (χ2v) is 13.9. The van der Waals surface area contributed by atoms with Crippen LogP contribution >= 0.6 is 0 Å². The van der Waals surface area contributed by atoms with Gasteiger partial charge in [-0.2, -0.15) is 0 Å². The first-order valence-corrected chi connectivity index (χ1v) is 17.8. The van der Waals surface area contributed by atoms with Gasteiger partial charge in [-0.15, -0.1) is 6.42 Å². The Labute approximate surface area is 297 Å². The monoisotopic (exact) mass is 702 g/mol. The number of aryl methyl sites for hydroxylation is 1. The van der Waals surface area contributed by atoms with Crippen molar-refractivity contribution in [3.05, 3.63) is 35.9 Å². The Bertz CT molecular complexity index is 1730. The van der Waals surface area contributed by atoms with Crippen molar-refractivity contribution in [2.75, 3.05) is 20.3 Å². The summed E-state index contributed by atoms with van der Waals surface area (Å²) >= 11 is 0. The van der Waals surface area contributed by atoms with Gasteiger partial charge in [0.2, 0.25) is 17.7 Å². The van der Waals surface area contributed by atoms with Crippen molar-refractivity contribution in [1.82, 2.24) is 20.5 Å². The largest absolute Gasteiger partial charge is 0.496 e. The van der Waals surface area contributed by atoms with Gasteiger partial charge in [0.05, 0.1) is 19.2 Å². The topological polar surface area (TPSA) is 166 Å². The van der Waals surface area contributed by atoms with Gasteiger partial charge in [0.15, 0.2) is 6.61 Å². The second-order valence-electron chi connectivity index (χ2n) is 13.9. The van der Waals surface area contributed by atoms with Gasteiger partial charge in [0.25, 0.3) is 0 Å². The number of ether oxygens (including phenoxy) is 4. The minimum Gasteiger partial charge on any atom is -0.496 e. The van der Waals surface area contributed by atoms with E-state index >= 15 is 0 Å². The number of fused-ring (bicyclic) bond motifs is 3. The predicted molar refractivity (Wildman–Crippen MR) is 186 cm³/mol. The highest BCUT2D eigenvalue weighted by Crippen LogP contribution is 2.45. The van der Waals surface area contributed by atoms with Crippen LogP contribution < -0.4 is 24.8 Å². The zero-order valence-electron chi connectivity index (χ0n) is 29.2. The predicted octanol–water partition coefficient (Wildman–Crippen LogP) is 4.43. The molecule has 1 aromatic heterocycles. The molecule has 0 bridgehead atoms. The van der Waals surface area contributed by atoms with Crippen molar-refractivity contribution >= 4 is 34.8 Å². The number of terminal acetylenes is 1. The molecular formula is C38H46N4O9. The van der Waals surface area contributed by atoms with Crippen LogP contribution in [0.1, 0.15) is 76.2 Å². The number of alkyl carbamates (subject to hydrolysis) is 1. The third kappa shape index (κ3) is 8.00. The lowest BCUT2D eigenvalue weighted by molar-refractivity contribution is -0.145. The van der Waals surface area contributed by atoms with Crippen LogP contribution in [0.4, 0.5) is 4.79 Å². The number of hydrogen-bond acceptors (Lipinski definition) is 9. The molecule has 2 aromatic rings. The van der Waals surface area contributed by atoms with E-state index in [0.29, 0.717) is 35.2 Å². The highest BCUT2D eigenvalue weighted by molar-refractivity contribution is 5.95. The Kier molecular flexibility index (Phi) is 10.9. The third-order valence-electron chi connectivity index (χ3n) is 10.4. The van der Waals surface area contributed by atoms with E-state index in [1.807, 2.05) is 25.1 Å². The lowest BCUT2D eigenvalue weighted by atomic mass is 10.0. The van der Waals surface area contributed by atoms with E-state index in [2.05, 4.69) is 21.5 Å². The Morgan fingerprint density at radius 3 is 2.67 bits per heavy atom. The molecule has 4 aliphatic rings. The zero-order valence-corrected chi connectivity index (χ0v) is 29.2. The molecule has 5 atom stereocenters. The quantitative estimate of drug-likeness (QED) is 0.265. The van der Waals surface area contributed by atoms with Crippen LogP contribution in [-0.4, -0.2) is 89.0 Å². The van der Waals surface area contributed by atoms with Gasteiger partial charge in [-0.25, -0.2) is 14.6 Å². The molecule has 0 unspecified atom stereocenters. The van der Waals surface area contributed by atoms with Crippen LogP contribution in [0.25, 0.3) is 10.9 Å². The minimum atomic E-state index is -1.43. The van der Waals surface area contributed by atoms with Crippen LogP contribution in [-0.2, 0) is 19.1 Å². The molecule has 0 radical (unpaired) electrons. The van der Waals surface area contributed by atoms with Crippen LogP contribution in [0.2, 0.25) is 0 Å². The SMILES string of the molecule is C#CCOc1cc(O[C@@H]2C[C@H]3C(=O)N[C@]4(C(=O)O)C[C@@H]4/C=C\CCCC[C@H](NC(=O)OC4CCCC4)CC(=O)N3C2)c2ccc(OC)c(C)c2n1. The van der Waals surface area contributed by atoms with Gasteiger partial charge in [-0.05, 0) is 70.4 Å². The van der Waals surface area contributed by atoms with Crippen molar-refractivity contribution in [3.63, 3.8) is 0 Å². The van der Waals surface area contributed by atoms with E-state index in [4.69, 9.17) is 25.4 Å². The van der Waals surface area contributed by atoms with E-state index in [-0.39, 0.29) is 56.2 Å². The number of allylic oxidation sites excluding steroid dienone is 1. The lowest BCUT2D eigenvalue weighted by Gasteiger charge is -2.27. The Balaban J connectivity index is 1.28. The number of methoxy groups -OCH3 is 1. The van der Waals surface area contributed by atoms with Crippen molar-refractivity contribution in [2.45, 2.75) is 107 Å². The van der Waals surface area contributed by atoms with Gasteiger partial charge in [0.1, 0.15) is 35.3 Å². The summed E-state index contributed by atoms with van der Waals surface area (Å²) < 4.78 is 23.4. The first-order valence-electron chi connectivity index (χ1n) is 17.8. The number of rotatable bonds is 8. The molecule has 2 aliphatic heterocycles. The Morgan fingerprint density at radius 2 is 1.92 bits per heavy atom. The molecule has 6 rings (SSSR count). The van der Waals surface area contributed by atoms with Crippen LogP contribution in [0.5, 0.6) is 17.4 Å². The highest BCUT2D eigenvalue weighted by atomic mass is 16.6. The van der Waals surface area contributed by atoms with Crippen molar-refractivity contribution in [3.8, 4) is 29.7 Å². The maximum Gasteiger partial charge on any atom is 0.407 e. The molecule has 1 aromatic carbocycles. The number of pyridine rings is 1. The van der Waals surface area contributed by atoms with Crippen molar-refractivity contribution < 1.29 is 43.2 Å². The molecule has 2 saturated carbocycles. The van der Waals surface area contributed by atoms with Gasteiger partial charge >= 0.3 is 12.1 Å². The molecule has 3 amide bonds. The van der Waals surface area contributed by atoms with Crippen LogP contribution in [0.15, 0.2) is 30.4 Å². The number of carbonyl (C=O) groups excluding carboxylic acids is 3. The van der Waals surface area contributed by atoms with Gasteiger partial charge in [-0.1, -0.05) is 24.5 Å². The third-order valence-corrected chi connectivity index (χ3v) is 10.4. The molecular weight excluding hydrogens is 656 g/mol. The number of nitrogens with one attached hydrogen (secondary N) is 2. The van der Waals surface area contributed by atoms with Crippen molar-refractivity contribution in [2.24, 2.45) is 5.92 Å². The molecule has 2 aliphatic carbocycles. The number of amides is 3. The molecule has 0 spiro atoms. The normalized spacial score (nSPS) is 27.5. The Hall–Kier alpha value is -4.99. The number of nitrogens with zero attached hydrogens (tertiary/aromatic N) is 2. The van der Waals surface area contributed by atoms with Gasteiger partial charge < -0.3 is 39.6 Å². The summed E-state index contributed by atoms with van der Waals surface area (Å²) in [4.78, 5) is 59.5. The molecule has 3 heterocycles. The number of carbonyl (C=O) groups is 4. The summed E-state index contributed by atoms with van der Waals surface area (Å²) in [6, 6.07) is 3.73. The summed E-state index contributed by atoms with van der Waals surface area (Å²) in [7, 11) is 1.57. The minimum absolute atomic E-state index is 0.0141. The number of aromatic nitrogens is 1. The molecule has 3 N–H and O–H groups in total. The maximum atomic E-state index is 14.1. The van der Waals surface area contributed by atoms with Crippen LogP contribution in [0.3, 0.4) is 0 Å². The summed E-state index contributed by atoms with van der Waals surface area (Å²) in [5, 5.41) is 16.5. The number of carboxylic acid groups (broad SMARTS) is 1. The van der Waals surface area contributed by atoms with Crippen molar-refractivity contribution in [1.29, 1.82) is 0 Å². The van der Waals surface area contributed by atoms with E-state index in [1.54, 1.807) is 19.2 Å². The van der Waals surface area contributed by atoms with Crippen LogP contribution in [0, 0.1) is 25.2 Å². The summed E-state index contributed by atoms with van der Waals surface area (Å²) in [6.45, 7) is 1.91. The fourth-order valence-corrected chi connectivity index (χ4v) is 7.54. The fourth-order valence-electron chi connectivity index (χ4n) is 7.54. The number of aliphatic carboxylic acids is 1. The Morgan fingerprint density at radius 1 is 1.14 bits per heavy atom. The molecule has 51 heavy (non-hydrogen) atoms. The second kappa shape index (κ2) is 15.5. The van der Waals surface area contributed by atoms with Gasteiger partial charge in [-0.3, -0.25) is 9.59 Å². The summed E-state index contributed by atoms with van der Waals surface area (Å²) in [5.74, 6) is 1.33. The zero-order chi connectivity index (χ0) is 36.1. The number of carboxylic acids is 1.